The predicted molar refractivity (Wildman–Crippen MR) is 141 cm³/mol. The number of benzene rings is 2. The number of hydroxylamine groups is 3. The zero-order valence-electron chi connectivity index (χ0n) is 21.1. The summed E-state index contributed by atoms with van der Waals surface area (Å²) in [7, 11) is 1.71. The minimum atomic E-state index is -0.320. The summed E-state index contributed by atoms with van der Waals surface area (Å²) in [5, 5.41) is 15.0. The minimum Gasteiger partial charge on any atom is -0.633 e. The molecule has 3 heterocycles. The molecule has 0 aliphatic carbocycles. The first kappa shape index (κ1) is 24.7. The summed E-state index contributed by atoms with van der Waals surface area (Å²) in [6, 6.07) is 13.8. The fourth-order valence-corrected chi connectivity index (χ4v) is 4.46. The van der Waals surface area contributed by atoms with Crippen molar-refractivity contribution >= 4 is 17.3 Å². The van der Waals surface area contributed by atoms with Gasteiger partial charge in [-0.3, -0.25) is 4.79 Å². The molecule has 0 atom stereocenters. The molecule has 0 unspecified atom stereocenters. The monoisotopic (exact) mass is 503 g/mol. The molecule has 0 bridgehead atoms. The number of anilines is 2. The zero-order valence-corrected chi connectivity index (χ0v) is 21.1. The quantitative estimate of drug-likeness (QED) is 0.294. The Balaban J connectivity index is 1.33. The van der Waals surface area contributed by atoms with Gasteiger partial charge in [-0.05, 0) is 62.4 Å². The Labute approximate surface area is 214 Å². The molecule has 0 spiro atoms. The van der Waals surface area contributed by atoms with Gasteiger partial charge < -0.3 is 29.6 Å². The van der Waals surface area contributed by atoms with Crippen LogP contribution in [0.25, 0.3) is 22.8 Å². The van der Waals surface area contributed by atoms with Crippen molar-refractivity contribution in [2.24, 2.45) is 0 Å². The van der Waals surface area contributed by atoms with Crippen molar-refractivity contribution in [3.05, 3.63) is 77.8 Å². The summed E-state index contributed by atoms with van der Waals surface area (Å²) in [5.41, 5.74) is 4.12. The largest absolute Gasteiger partial charge is 0.633 e. The maximum Gasteiger partial charge on any atom is 0.273 e. The molecule has 9 nitrogen and oxygen atoms in total. The van der Waals surface area contributed by atoms with Crippen LogP contribution in [0.5, 0.6) is 0 Å². The van der Waals surface area contributed by atoms with Gasteiger partial charge in [-0.1, -0.05) is 0 Å². The van der Waals surface area contributed by atoms with Gasteiger partial charge in [0, 0.05) is 23.0 Å². The van der Waals surface area contributed by atoms with Gasteiger partial charge in [0.25, 0.3) is 5.91 Å². The molecule has 1 aliphatic heterocycles. The lowest BCUT2D eigenvalue weighted by molar-refractivity contribution is -0.861. The highest BCUT2D eigenvalue weighted by atomic mass is 19.1. The van der Waals surface area contributed by atoms with E-state index in [4.69, 9.17) is 0 Å². The third kappa shape index (κ3) is 5.25. The van der Waals surface area contributed by atoms with E-state index in [9.17, 15) is 14.4 Å². The lowest BCUT2D eigenvalue weighted by Crippen LogP contribution is -2.53. The number of hydrogen-bond donors (Lipinski definition) is 2. The van der Waals surface area contributed by atoms with Crippen molar-refractivity contribution in [3.8, 4) is 22.8 Å². The van der Waals surface area contributed by atoms with E-state index in [-0.39, 0.29) is 22.4 Å². The first-order valence-corrected chi connectivity index (χ1v) is 12.3. The number of imidazole rings is 2. The Kier molecular flexibility index (Phi) is 6.53. The molecule has 2 aromatic heterocycles. The molecule has 2 N–H and O–H groups in total. The van der Waals surface area contributed by atoms with Gasteiger partial charge >= 0.3 is 0 Å². The number of carbonyl (C=O) groups excluding carboxylic acids is 1. The topological polar surface area (TPSA) is 102 Å². The molecule has 5 rings (SSSR count). The molecule has 2 aromatic carbocycles. The van der Waals surface area contributed by atoms with Crippen LogP contribution in [0.15, 0.2) is 61.1 Å². The van der Waals surface area contributed by atoms with Crippen LogP contribution in [0.3, 0.4) is 0 Å². The maximum atomic E-state index is 13.5. The first-order chi connectivity index (χ1) is 17.7. The summed E-state index contributed by atoms with van der Waals surface area (Å²) in [5.74, 6) is -0.137. The van der Waals surface area contributed by atoms with Gasteiger partial charge in [0.1, 0.15) is 17.2 Å². The molecule has 1 saturated heterocycles. The van der Waals surface area contributed by atoms with Crippen LogP contribution in [0.4, 0.5) is 15.8 Å². The Morgan fingerprint density at radius 3 is 2.41 bits per heavy atom. The lowest BCUT2D eigenvalue weighted by Gasteiger charge is -2.45. The summed E-state index contributed by atoms with van der Waals surface area (Å²) in [6.07, 6.45) is 3.22. The van der Waals surface area contributed by atoms with Crippen molar-refractivity contribution in [3.63, 3.8) is 0 Å². The van der Waals surface area contributed by atoms with Gasteiger partial charge in [-0.25, -0.2) is 14.4 Å². The number of nitrogens with one attached hydrogen (secondary N) is 2. The molecular weight excluding hydrogens is 473 g/mol. The molecule has 37 heavy (non-hydrogen) atoms. The van der Waals surface area contributed by atoms with Crippen molar-refractivity contribution in [1.29, 1.82) is 0 Å². The summed E-state index contributed by atoms with van der Waals surface area (Å²) in [4.78, 5) is 27.3. The Bertz CT molecular complexity index is 1380. The smallest absolute Gasteiger partial charge is 0.273 e. The van der Waals surface area contributed by atoms with Crippen LogP contribution < -0.4 is 10.2 Å². The highest BCUT2D eigenvalue weighted by Gasteiger charge is 2.23. The van der Waals surface area contributed by atoms with Crippen LogP contribution in [0.2, 0.25) is 0 Å². The van der Waals surface area contributed by atoms with Crippen molar-refractivity contribution < 1.29 is 13.8 Å². The second-order valence-electron chi connectivity index (χ2n) is 9.83. The molecule has 0 saturated carbocycles. The summed E-state index contributed by atoms with van der Waals surface area (Å²) >= 11 is 0. The van der Waals surface area contributed by atoms with Gasteiger partial charge in [0.05, 0.1) is 51.4 Å². The lowest BCUT2D eigenvalue weighted by atomic mass is 10.1. The SMILES string of the molecule is CC(C)n1cnc(-c2ccc(F)cc2)c1-c1ncc(C(=O)Nc2ccc(N3CC[N+](C)([O-])CC3)cc2)[nH]1. The number of likely N-dealkylation sites (N-methyl/N-ethyl adjacent to an activating group) is 1. The fourth-order valence-electron chi connectivity index (χ4n) is 4.46. The molecule has 4 aromatic rings. The van der Waals surface area contributed by atoms with E-state index in [2.05, 4.69) is 25.2 Å². The third-order valence-electron chi connectivity index (χ3n) is 6.69. The first-order valence-electron chi connectivity index (χ1n) is 12.3. The van der Waals surface area contributed by atoms with Crippen molar-refractivity contribution in [1.82, 2.24) is 19.5 Å². The second-order valence-corrected chi connectivity index (χ2v) is 9.83. The predicted octanol–water partition coefficient (Wildman–Crippen LogP) is 4.68. The standard InChI is InChI=1S/C27H30FN7O2/c1-18(2)34-17-30-24(19-4-6-20(28)7-5-19)25(34)26-29-16-23(32-26)27(36)31-21-8-10-22(11-9-21)33-12-14-35(3,37)15-13-33/h4-11,16-18H,12-15H2,1-3H3,(H,29,32)(H,31,36). The molecule has 192 valence electrons. The number of aromatic nitrogens is 4. The average Bonchev–Trinajstić information content (AvgIpc) is 3.53. The third-order valence-corrected chi connectivity index (χ3v) is 6.69. The van der Waals surface area contributed by atoms with Crippen LogP contribution >= 0.6 is 0 Å². The summed E-state index contributed by atoms with van der Waals surface area (Å²) < 4.78 is 15.2. The van der Waals surface area contributed by atoms with E-state index in [1.54, 1.807) is 25.5 Å². The van der Waals surface area contributed by atoms with E-state index in [1.165, 1.54) is 18.3 Å². The van der Waals surface area contributed by atoms with Crippen molar-refractivity contribution in [2.45, 2.75) is 19.9 Å². The van der Waals surface area contributed by atoms with Gasteiger partial charge in [-0.2, -0.15) is 0 Å². The number of aromatic amines is 1. The van der Waals surface area contributed by atoms with E-state index in [0.29, 0.717) is 49.1 Å². The van der Waals surface area contributed by atoms with Crippen LogP contribution in [0.1, 0.15) is 30.4 Å². The number of rotatable bonds is 6. The average molecular weight is 504 g/mol. The van der Waals surface area contributed by atoms with E-state index >= 15 is 0 Å². The van der Waals surface area contributed by atoms with Gasteiger partial charge in [0.2, 0.25) is 0 Å². The number of hydrogen-bond acceptors (Lipinski definition) is 5. The molecular formula is C27H30FN7O2. The van der Waals surface area contributed by atoms with E-state index in [1.807, 2.05) is 42.7 Å². The number of H-pyrrole nitrogens is 1. The van der Waals surface area contributed by atoms with Crippen LogP contribution in [-0.4, -0.2) is 63.3 Å². The highest BCUT2D eigenvalue weighted by Crippen LogP contribution is 2.32. The molecule has 10 heteroatoms. The Morgan fingerprint density at radius 2 is 1.76 bits per heavy atom. The molecule has 1 fully saturated rings. The second kappa shape index (κ2) is 9.79. The minimum absolute atomic E-state index is 0.0961. The van der Waals surface area contributed by atoms with E-state index in [0.717, 1.165) is 16.9 Å². The van der Waals surface area contributed by atoms with Crippen LogP contribution in [-0.2, 0) is 0 Å². The zero-order chi connectivity index (χ0) is 26.2. The molecule has 1 aliphatic rings. The summed E-state index contributed by atoms with van der Waals surface area (Å²) in [6.45, 7) is 6.58. The Hall–Kier alpha value is -4.02. The number of amides is 1. The number of halogens is 1. The number of quaternary nitrogens is 1. The molecule has 1 amide bonds. The number of piperazine rings is 1. The van der Waals surface area contributed by atoms with Crippen LogP contribution in [0, 0.1) is 11.0 Å². The van der Waals surface area contributed by atoms with E-state index < -0.39 is 0 Å². The van der Waals surface area contributed by atoms with Gasteiger partial charge in [-0.15, -0.1) is 0 Å². The molecule has 0 radical (unpaired) electrons. The fraction of sp³-hybridized carbons (Fsp3) is 0.296. The van der Waals surface area contributed by atoms with Crippen molar-refractivity contribution in [2.75, 3.05) is 43.4 Å². The number of carbonyl (C=O) groups is 1. The number of nitrogens with zero attached hydrogens (tertiary/aromatic N) is 5. The Morgan fingerprint density at radius 1 is 1.08 bits per heavy atom. The highest BCUT2D eigenvalue weighted by molar-refractivity contribution is 6.03. The maximum absolute atomic E-state index is 13.5. The normalized spacial score (nSPS) is 15.2. The van der Waals surface area contributed by atoms with Gasteiger partial charge in [0.15, 0.2) is 5.82 Å².